The minimum Gasteiger partial charge on any atom is -0.495 e. The number of halogens is 5. The lowest BCUT2D eigenvalue weighted by Gasteiger charge is -2.17. The van der Waals surface area contributed by atoms with Gasteiger partial charge in [0, 0.05) is 5.56 Å². The maximum Gasteiger partial charge on any atom is 0.411 e. The van der Waals surface area contributed by atoms with Gasteiger partial charge in [0.15, 0.2) is 0 Å². The smallest absolute Gasteiger partial charge is 0.411 e. The van der Waals surface area contributed by atoms with Crippen LogP contribution >= 0.6 is 31.9 Å². The second kappa shape index (κ2) is 7.51. The third kappa shape index (κ3) is 4.82. The normalized spacial score (nSPS) is 13.2. The van der Waals surface area contributed by atoms with Crippen LogP contribution in [-0.2, 0) is 4.74 Å². The molecule has 0 amide bonds. The molecule has 0 saturated heterocycles. The topological polar surface area (TPSA) is 27.7 Å². The summed E-state index contributed by atoms with van der Waals surface area (Å²) in [6, 6.07) is 3.40. The maximum absolute atomic E-state index is 12.0. The molecule has 0 aliphatic rings. The summed E-state index contributed by atoms with van der Waals surface area (Å²) < 4.78 is 51.7. The van der Waals surface area contributed by atoms with Crippen molar-refractivity contribution in [1.82, 2.24) is 0 Å². The van der Waals surface area contributed by atoms with E-state index in [1.54, 1.807) is 12.1 Å². The second-order valence-corrected chi connectivity index (χ2v) is 5.70. The fourth-order valence-corrected chi connectivity index (χ4v) is 2.76. The first-order chi connectivity index (χ1) is 9.30. The van der Waals surface area contributed by atoms with Gasteiger partial charge in [0.05, 0.1) is 25.7 Å². The molecular formula is C12H13Br2F3O3. The van der Waals surface area contributed by atoms with E-state index in [9.17, 15) is 13.2 Å². The summed E-state index contributed by atoms with van der Waals surface area (Å²) in [5, 5.41) is 0. The molecule has 0 bridgehead atoms. The molecule has 3 nitrogen and oxygen atoms in total. The summed E-state index contributed by atoms with van der Waals surface area (Å²) in [6.07, 6.45) is -4.34. The summed E-state index contributed by atoms with van der Waals surface area (Å²) in [5.74, 6) is 1.06. The summed E-state index contributed by atoms with van der Waals surface area (Å²) in [7, 11) is 2.98. The molecule has 0 N–H and O–H groups in total. The van der Waals surface area contributed by atoms with Crippen molar-refractivity contribution in [3.8, 4) is 11.5 Å². The lowest BCUT2D eigenvalue weighted by Crippen LogP contribution is -2.18. The van der Waals surface area contributed by atoms with Crippen molar-refractivity contribution >= 4 is 31.9 Å². The van der Waals surface area contributed by atoms with E-state index in [1.165, 1.54) is 14.2 Å². The van der Waals surface area contributed by atoms with Gasteiger partial charge >= 0.3 is 6.18 Å². The highest BCUT2D eigenvalue weighted by Crippen LogP contribution is 2.42. The number of rotatable bonds is 6. The van der Waals surface area contributed by atoms with Gasteiger partial charge in [-0.15, -0.1) is 0 Å². The summed E-state index contributed by atoms with van der Waals surface area (Å²) in [5.41, 5.74) is 0.669. The van der Waals surface area contributed by atoms with Crippen molar-refractivity contribution in [2.75, 3.05) is 27.4 Å². The van der Waals surface area contributed by atoms with Crippen LogP contribution in [-0.4, -0.2) is 33.6 Å². The zero-order valence-electron chi connectivity index (χ0n) is 10.8. The van der Waals surface area contributed by atoms with Gasteiger partial charge in [-0.3, -0.25) is 0 Å². The molecular weight excluding hydrogens is 409 g/mol. The molecule has 0 heterocycles. The third-order valence-electron chi connectivity index (χ3n) is 2.38. The third-order valence-corrected chi connectivity index (χ3v) is 3.89. The molecule has 114 valence electrons. The van der Waals surface area contributed by atoms with Crippen LogP contribution < -0.4 is 9.47 Å². The van der Waals surface area contributed by atoms with Gasteiger partial charge < -0.3 is 14.2 Å². The molecule has 0 spiro atoms. The molecule has 1 unspecified atom stereocenters. The predicted molar refractivity (Wildman–Crippen MR) is 75.8 cm³/mol. The molecule has 1 atom stereocenters. The Morgan fingerprint density at radius 2 is 1.85 bits per heavy atom. The van der Waals surface area contributed by atoms with Gasteiger partial charge in [-0.25, -0.2) is 0 Å². The highest BCUT2D eigenvalue weighted by Gasteiger charge is 2.28. The van der Waals surface area contributed by atoms with Crippen LogP contribution in [0.1, 0.15) is 10.4 Å². The highest BCUT2D eigenvalue weighted by molar-refractivity contribution is 9.10. The molecule has 0 radical (unpaired) electrons. The van der Waals surface area contributed by atoms with Crippen molar-refractivity contribution in [3.63, 3.8) is 0 Å². The average molecular weight is 422 g/mol. The van der Waals surface area contributed by atoms with Gasteiger partial charge in [0.25, 0.3) is 0 Å². The molecule has 1 aromatic rings. The van der Waals surface area contributed by atoms with E-state index >= 15 is 0 Å². The van der Waals surface area contributed by atoms with Gasteiger partial charge in [-0.05, 0) is 22.0 Å². The number of alkyl halides is 4. The highest BCUT2D eigenvalue weighted by atomic mass is 79.9. The molecule has 0 saturated carbocycles. The van der Waals surface area contributed by atoms with Gasteiger partial charge in [-0.1, -0.05) is 22.0 Å². The van der Waals surface area contributed by atoms with E-state index in [-0.39, 0.29) is 6.61 Å². The van der Waals surface area contributed by atoms with Crippen molar-refractivity contribution in [2.24, 2.45) is 0 Å². The Kier molecular flexibility index (Phi) is 6.60. The van der Waals surface area contributed by atoms with Gasteiger partial charge in [0.2, 0.25) is 0 Å². The zero-order valence-corrected chi connectivity index (χ0v) is 13.9. The van der Waals surface area contributed by atoms with Crippen LogP contribution in [0.15, 0.2) is 16.6 Å². The average Bonchev–Trinajstić information content (AvgIpc) is 2.36. The van der Waals surface area contributed by atoms with Gasteiger partial charge in [0.1, 0.15) is 22.6 Å². The molecule has 0 aromatic heterocycles. The molecule has 1 aromatic carbocycles. The molecule has 0 aliphatic heterocycles. The largest absolute Gasteiger partial charge is 0.495 e. The minimum atomic E-state index is -4.34. The number of benzene rings is 1. The minimum absolute atomic E-state index is 0.130. The molecule has 0 fully saturated rings. The monoisotopic (exact) mass is 420 g/mol. The first kappa shape index (κ1) is 17.6. The Balaban J connectivity index is 2.82. The van der Waals surface area contributed by atoms with Crippen molar-refractivity contribution in [1.29, 1.82) is 0 Å². The Morgan fingerprint density at radius 3 is 2.35 bits per heavy atom. The predicted octanol–water partition coefficient (Wildman–Crippen LogP) is 4.48. The Hall–Kier alpha value is -0.470. The quantitative estimate of drug-likeness (QED) is 0.634. The van der Waals surface area contributed by atoms with Crippen molar-refractivity contribution in [2.45, 2.75) is 11.0 Å². The molecule has 0 aliphatic carbocycles. The van der Waals surface area contributed by atoms with Crippen molar-refractivity contribution < 1.29 is 27.4 Å². The van der Waals surface area contributed by atoms with E-state index in [1.807, 2.05) is 0 Å². The number of hydrogen-bond acceptors (Lipinski definition) is 3. The Bertz CT molecular complexity index is 452. The van der Waals surface area contributed by atoms with E-state index < -0.39 is 17.6 Å². The fraction of sp³-hybridized carbons (Fsp3) is 0.500. The SMILES string of the molecule is COc1ccc(C(Br)COCC(F)(F)F)c(OC)c1Br. The number of hydrogen-bond donors (Lipinski definition) is 0. The maximum atomic E-state index is 12.0. The second-order valence-electron chi connectivity index (χ2n) is 3.80. The summed E-state index contributed by atoms with van der Waals surface area (Å²) in [6.45, 7) is -1.41. The summed E-state index contributed by atoms with van der Waals surface area (Å²) >= 11 is 6.62. The first-order valence-electron chi connectivity index (χ1n) is 5.49. The van der Waals surface area contributed by atoms with Crippen LogP contribution in [0.4, 0.5) is 13.2 Å². The summed E-state index contributed by atoms with van der Waals surface area (Å²) in [4.78, 5) is -0.429. The van der Waals surface area contributed by atoms with Crippen LogP contribution in [0.3, 0.4) is 0 Å². The fourth-order valence-electron chi connectivity index (χ4n) is 1.53. The van der Waals surface area contributed by atoms with Crippen LogP contribution in [0.25, 0.3) is 0 Å². The molecule has 20 heavy (non-hydrogen) atoms. The van der Waals surface area contributed by atoms with Crippen LogP contribution in [0.5, 0.6) is 11.5 Å². The Morgan fingerprint density at radius 1 is 1.20 bits per heavy atom. The van der Waals surface area contributed by atoms with Crippen LogP contribution in [0, 0.1) is 0 Å². The number of ether oxygens (including phenoxy) is 3. The van der Waals surface area contributed by atoms with Crippen LogP contribution in [0.2, 0.25) is 0 Å². The Labute approximate surface area is 131 Å². The zero-order chi connectivity index (χ0) is 15.3. The van der Waals surface area contributed by atoms with E-state index in [2.05, 4.69) is 36.6 Å². The lowest BCUT2D eigenvalue weighted by molar-refractivity contribution is -0.173. The number of methoxy groups -OCH3 is 2. The standard InChI is InChI=1S/C12H13Br2F3O3/c1-18-9-4-3-7(11(19-2)10(9)14)8(13)5-20-6-12(15,16)17/h3-4,8H,5-6H2,1-2H3. The van der Waals surface area contributed by atoms with Gasteiger partial charge in [-0.2, -0.15) is 13.2 Å². The molecule has 1 rings (SSSR count). The molecule has 8 heteroatoms. The van der Waals surface area contributed by atoms with E-state index in [0.717, 1.165) is 0 Å². The van der Waals surface area contributed by atoms with E-state index in [4.69, 9.17) is 9.47 Å². The van der Waals surface area contributed by atoms with Crippen molar-refractivity contribution in [3.05, 3.63) is 22.2 Å². The lowest BCUT2D eigenvalue weighted by atomic mass is 10.1. The first-order valence-corrected chi connectivity index (χ1v) is 7.20. The van der Waals surface area contributed by atoms with E-state index in [0.29, 0.717) is 21.5 Å².